The van der Waals surface area contributed by atoms with Crippen molar-refractivity contribution in [2.75, 3.05) is 4.90 Å². The summed E-state index contributed by atoms with van der Waals surface area (Å²) in [6.45, 7) is 0. The van der Waals surface area contributed by atoms with Crippen molar-refractivity contribution < 1.29 is 8.83 Å². The van der Waals surface area contributed by atoms with Gasteiger partial charge in [0, 0.05) is 65.9 Å². The van der Waals surface area contributed by atoms with Gasteiger partial charge in [0.2, 0.25) is 0 Å². The van der Waals surface area contributed by atoms with E-state index in [2.05, 4.69) is 216 Å². The highest BCUT2D eigenvalue weighted by Crippen LogP contribution is 2.45. The Kier molecular flexibility index (Phi) is 7.57. The van der Waals surface area contributed by atoms with Crippen molar-refractivity contribution >= 4 is 93.5 Å². The van der Waals surface area contributed by atoms with Crippen LogP contribution in [0.15, 0.2) is 227 Å². The summed E-state index contributed by atoms with van der Waals surface area (Å²) in [6.07, 6.45) is 0. The molecule has 0 aliphatic heterocycles. The molecule has 4 nitrogen and oxygen atoms in total. The molecule has 13 aromatic rings. The van der Waals surface area contributed by atoms with Gasteiger partial charge in [0.1, 0.15) is 22.3 Å². The minimum Gasteiger partial charge on any atom is -0.455 e. The molecule has 0 radical (unpaired) electrons. The van der Waals surface area contributed by atoms with Gasteiger partial charge in [0.25, 0.3) is 0 Å². The Bertz CT molecular complexity index is 3830. The van der Waals surface area contributed by atoms with E-state index in [-0.39, 0.29) is 0 Å². The third-order valence-electron chi connectivity index (χ3n) is 12.6. The lowest BCUT2D eigenvalue weighted by Gasteiger charge is -2.28. The molecule has 0 saturated heterocycles. The van der Waals surface area contributed by atoms with Crippen molar-refractivity contribution in [2.24, 2.45) is 0 Å². The molecule has 3 heterocycles. The molecule has 4 heteroatoms. The monoisotopic (exact) mass is 792 g/mol. The molecular formula is C58H36N2O2. The minimum absolute atomic E-state index is 0.878. The van der Waals surface area contributed by atoms with Crippen molar-refractivity contribution in [2.45, 2.75) is 0 Å². The first-order valence-electron chi connectivity index (χ1n) is 21.1. The van der Waals surface area contributed by atoms with Gasteiger partial charge in [-0.1, -0.05) is 146 Å². The maximum atomic E-state index is 6.55. The van der Waals surface area contributed by atoms with Crippen LogP contribution >= 0.6 is 0 Å². The predicted octanol–water partition coefficient (Wildman–Crippen LogP) is 16.5. The number of aromatic nitrogens is 1. The van der Waals surface area contributed by atoms with Crippen molar-refractivity contribution in [3.63, 3.8) is 0 Å². The SMILES string of the molecule is c1cc(N(c2ccc(-c3cccc4c3oc3ccccc34)cc2)c2ccccc2-c2ccc3oc4c5ccccc5ccc4c3c2)cc(-n2c3ccccc3c3ccccc32)c1. The van der Waals surface area contributed by atoms with E-state index in [4.69, 9.17) is 8.83 Å². The van der Waals surface area contributed by atoms with Gasteiger partial charge in [0.15, 0.2) is 0 Å². The average Bonchev–Trinajstić information content (AvgIpc) is 4.02. The fourth-order valence-corrected chi connectivity index (χ4v) is 9.75. The van der Waals surface area contributed by atoms with Crippen LogP contribution < -0.4 is 4.90 Å². The van der Waals surface area contributed by atoms with Crippen molar-refractivity contribution in [3.05, 3.63) is 218 Å². The third-order valence-corrected chi connectivity index (χ3v) is 12.6. The van der Waals surface area contributed by atoms with Gasteiger partial charge in [-0.3, -0.25) is 0 Å². The largest absolute Gasteiger partial charge is 0.455 e. The number of benzene rings is 10. The summed E-state index contributed by atoms with van der Waals surface area (Å²) < 4.78 is 15.4. The van der Waals surface area contributed by atoms with Crippen LogP contribution in [0.1, 0.15) is 0 Å². The summed E-state index contributed by atoms with van der Waals surface area (Å²) in [5.74, 6) is 0. The number of anilines is 3. The first-order chi connectivity index (χ1) is 30.7. The summed E-state index contributed by atoms with van der Waals surface area (Å²) in [5.41, 5.74) is 14.6. The van der Waals surface area contributed by atoms with Gasteiger partial charge >= 0.3 is 0 Å². The van der Waals surface area contributed by atoms with Crippen LogP contribution in [0, 0.1) is 0 Å². The smallest absolute Gasteiger partial charge is 0.143 e. The second kappa shape index (κ2) is 13.6. The molecular weight excluding hydrogens is 757 g/mol. The van der Waals surface area contributed by atoms with Gasteiger partial charge in [-0.15, -0.1) is 0 Å². The molecule has 0 N–H and O–H groups in total. The van der Waals surface area contributed by atoms with E-state index in [1.807, 2.05) is 12.1 Å². The van der Waals surface area contributed by atoms with Gasteiger partial charge in [-0.2, -0.15) is 0 Å². The number of rotatable bonds is 6. The average molecular weight is 793 g/mol. The molecule has 3 aromatic heterocycles. The minimum atomic E-state index is 0.878. The Morgan fingerprint density at radius 3 is 1.79 bits per heavy atom. The second-order valence-electron chi connectivity index (χ2n) is 16.0. The van der Waals surface area contributed by atoms with Crippen LogP contribution in [0.3, 0.4) is 0 Å². The van der Waals surface area contributed by atoms with E-state index in [9.17, 15) is 0 Å². The predicted molar refractivity (Wildman–Crippen MR) is 258 cm³/mol. The summed E-state index contributed by atoms with van der Waals surface area (Å²) in [6, 6.07) is 78.0. The third kappa shape index (κ3) is 5.27. The van der Waals surface area contributed by atoms with Crippen LogP contribution in [-0.2, 0) is 0 Å². The van der Waals surface area contributed by atoms with E-state index in [0.717, 1.165) is 94.3 Å². The quantitative estimate of drug-likeness (QED) is 0.168. The zero-order valence-corrected chi connectivity index (χ0v) is 33.5. The van der Waals surface area contributed by atoms with Gasteiger partial charge in [-0.05, 0) is 89.3 Å². The summed E-state index contributed by atoms with van der Waals surface area (Å²) in [7, 11) is 0. The van der Waals surface area contributed by atoms with Crippen molar-refractivity contribution in [1.82, 2.24) is 4.57 Å². The van der Waals surface area contributed by atoms with Gasteiger partial charge in [-0.25, -0.2) is 0 Å². The highest BCUT2D eigenvalue weighted by Gasteiger charge is 2.21. The number of hydrogen-bond acceptors (Lipinski definition) is 3. The Balaban J connectivity index is 1.00. The molecule has 0 unspecified atom stereocenters. The Morgan fingerprint density at radius 1 is 0.339 bits per heavy atom. The molecule has 0 spiro atoms. The normalized spacial score (nSPS) is 11.9. The maximum Gasteiger partial charge on any atom is 0.143 e. The van der Waals surface area contributed by atoms with E-state index >= 15 is 0 Å². The molecule has 0 aliphatic rings. The van der Waals surface area contributed by atoms with E-state index in [0.29, 0.717) is 0 Å². The number of nitrogens with zero attached hydrogens (tertiary/aromatic N) is 2. The molecule has 0 bridgehead atoms. The lowest BCUT2D eigenvalue weighted by atomic mass is 9.98. The van der Waals surface area contributed by atoms with E-state index in [1.165, 1.54) is 27.2 Å². The fourth-order valence-electron chi connectivity index (χ4n) is 9.75. The molecule has 290 valence electrons. The second-order valence-corrected chi connectivity index (χ2v) is 16.0. The molecule has 0 fully saturated rings. The lowest BCUT2D eigenvalue weighted by Crippen LogP contribution is -2.11. The summed E-state index contributed by atoms with van der Waals surface area (Å²) in [4.78, 5) is 2.39. The van der Waals surface area contributed by atoms with Crippen LogP contribution in [0.25, 0.3) is 104 Å². The highest BCUT2D eigenvalue weighted by molar-refractivity contribution is 6.16. The van der Waals surface area contributed by atoms with Crippen LogP contribution in [0.5, 0.6) is 0 Å². The van der Waals surface area contributed by atoms with Crippen LogP contribution in [-0.4, -0.2) is 4.57 Å². The van der Waals surface area contributed by atoms with Gasteiger partial charge < -0.3 is 18.3 Å². The molecule has 62 heavy (non-hydrogen) atoms. The molecule has 0 amide bonds. The van der Waals surface area contributed by atoms with Gasteiger partial charge in [0.05, 0.1) is 16.7 Å². The fraction of sp³-hybridized carbons (Fsp3) is 0. The van der Waals surface area contributed by atoms with Crippen molar-refractivity contribution in [3.8, 4) is 27.9 Å². The lowest BCUT2D eigenvalue weighted by molar-refractivity contribution is 0.670. The highest BCUT2D eigenvalue weighted by atomic mass is 16.3. The summed E-state index contributed by atoms with van der Waals surface area (Å²) in [5, 5.41) is 9.23. The molecule has 10 aromatic carbocycles. The zero-order valence-electron chi connectivity index (χ0n) is 33.5. The topological polar surface area (TPSA) is 34.5 Å². The molecule has 0 saturated carbocycles. The van der Waals surface area contributed by atoms with Crippen molar-refractivity contribution in [1.29, 1.82) is 0 Å². The van der Waals surface area contributed by atoms with E-state index in [1.54, 1.807) is 0 Å². The van der Waals surface area contributed by atoms with Crippen LogP contribution in [0.4, 0.5) is 17.1 Å². The summed E-state index contributed by atoms with van der Waals surface area (Å²) >= 11 is 0. The first-order valence-corrected chi connectivity index (χ1v) is 21.1. The standard InChI is InChI=1S/C58H36N2O2/c1-2-17-44-37(13-1)29-33-50-51-35-39(30-34-56(51)62-58(44)50)43-16-3-7-23-52(43)59(40-31-27-38(28-32-40)45-21-12-22-49-48-20-6-10-26-55(48)61-57(45)49)41-14-11-15-42(36-41)60-53-24-8-4-18-46(53)47-19-5-9-25-54(47)60/h1-36H. The van der Waals surface area contributed by atoms with Crippen LogP contribution in [0.2, 0.25) is 0 Å². The molecule has 0 aliphatic carbocycles. The number of fused-ring (bicyclic) bond motifs is 11. The maximum absolute atomic E-state index is 6.55. The Morgan fingerprint density at radius 2 is 0.952 bits per heavy atom. The van der Waals surface area contributed by atoms with E-state index < -0.39 is 0 Å². The first kappa shape index (κ1) is 34.5. The number of furan rings is 2. The number of para-hydroxylation sites is 5. The molecule has 13 rings (SSSR count). The Hall–Kier alpha value is -8.34. The molecule has 0 atom stereocenters. The Labute approximate surface area is 356 Å². The zero-order chi connectivity index (χ0) is 40.7. The number of hydrogen-bond donors (Lipinski definition) is 0.